The predicted molar refractivity (Wildman–Crippen MR) is 107 cm³/mol. The van der Waals surface area contributed by atoms with Crippen molar-refractivity contribution >= 4 is 11.6 Å². The molecular weight excluding hydrogens is 358 g/mol. The summed E-state index contributed by atoms with van der Waals surface area (Å²) in [5, 5.41) is 4.79. The van der Waals surface area contributed by atoms with E-state index >= 15 is 0 Å². The van der Waals surface area contributed by atoms with Gasteiger partial charge in [-0.25, -0.2) is 9.67 Å². The Balaban J connectivity index is 1.62. The molecule has 3 aromatic carbocycles. The fraction of sp³-hybridized carbons (Fsp3) is 0.0909. The minimum Gasteiger partial charge on any atom is -0.482 e. The Labute approximate surface area is 163 Å². The smallest absolute Gasteiger partial charge is 0.143 e. The Hall–Kier alpha value is -3.11. The van der Waals surface area contributed by atoms with Crippen LogP contribution in [0.5, 0.6) is 5.75 Å². The van der Waals surface area contributed by atoms with Crippen molar-refractivity contribution in [3.8, 4) is 16.9 Å². The standard InChI is InChI=1S/C22H18ClN3O/c23-20-8-4-5-9-21(20)27-22(14-26-16-24-15-25-26)19-12-10-18(11-13-19)17-6-2-1-3-7-17/h1-13,15-16,22H,14H2. The van der Waals surface area contributed by atoms with Crippen molar-refractivity contribution in [2.75, 3.05) is 0 Å². The summed E-state index contributed by atoms with van der Waals surface area (Å²) in [6, 6.07) is 26.2. The first-order chi connectivity index (χ1) is 13.3. The number of ether oxygens (including phenoxy) is 1. The maximum absolute atomic E-state index is 6.28. The molecule has 4 rings (SSSR count). The Bertz CT molecular complexity index is 986. The number of para-hydroxylation sites is 1. The van der Waals surface area contributed by atoms with E-state index in [1.54, 1.807) is 11.0 Å². The van der Waals surface area contributed by atoms with Crippen LogP contribution < -0.4 is 4.74 Å². The van der Waals surface area contributed by atoms with E-state index in [0.29, 0.717) is 17.3 Å². The van der Waals surface area contributed by atoms with Gasteiger partial charge in [-0.1, -0.05) is 78.3 Å². The van der Waals surface area contributed by atoms with Crippen molar-refractivity contribution in [3.63, 3.8) is 0 Å². The average molecular weight is 376 g/mol. The summed E-state index contributed by atoms with van der Waals surface area (Å²) in [5.74, 6) is 0.649. The summed E-state index contributed by atoms with van der Waals surface area (Å²) < 4.78 is 7.99. The maximum Gasteiger partial charge on any atom is 0.143 e. The van der Waals surface area contributed by atoms with E-state index in [1.165, 1.54) is 11.9 Å². The van der Waals surface area contributed by atoms with Crippen LogP contribution in [0.1, 0.15) is 11.7 Å². The fourth-order valence-electron chi connectivity index (χ4n) is 2.92. The monoisotopic (exact) mass is 375 g/mol. The van der Waals surface area contributed by atoms with Crippen LogP contribution in [0, 0.1) is 0 Å². The van der Waals surface area contributed by atoms with Gasteiger partial charge in [0.15, 0.2) is 0 Å². The third-order valence-electron chi connectivity index (χ3n) is 4.31. The first-order valence-electron chi connectivity index (χ1n) is 8.68. The average Bonchev–Trinajstić information content (AvgIpc) is 3.23. The van der Waals surface area contributed by atoms with Crippen molar-refractivity contribution in [3.05, 3.63) is 102 Å². The lowest BCUT2D eigenvalue weighted by Gasteiger charge is -2.20. The topological polar surface area (TPSA) is 39.9 Å². The molecule has 4 nitrogen and oxygen atoms in total. The number of hydrogen-bond acceptors (Lipinski definition) is 3. The number of rotatable bonds is 6. The highest BCUT2D eigenvalue weighted by Crippen LogP contribution is 2.30. The number of benzene rings is 3. The molecule has 0 fully saturated rings. The van der Waals surface area contributed by atoms with Crippen LogP contribution in [0.4, 0.5) is 0 Å². The highest BCUT2D eigenvalue weighted by Gasteiger charge is 2.16. The summed E-state index contributed by atoms with van der Waals surface area (Å²) >= 11 is 6.28. The molecule has 0 saturated heterocycles. The first kappa shape index (κ1) is 17.3. The molecular formula is C22H18ClN3O. The van der Waals surface area contributed by atoms with Crippen molar-refractivity contribution in [1.82, 2.24) is 14.8 Å². The van der Waals surface area contributed by atoms with Crippen molar-refractivity contribution < 1.29 is 4.74 Å². The second kappa shape index (κ2) is 8.06. The highest BCUT2D eigenvalue weighted by molar-refractivity contribution is 6.32. The Morgan fingerprint density at radius 2 is 1.56 bits per heavy atom. The number of hydrogen-bond donors (Lipinski definition) is 0. The highest BCUT2D eigenvalue weighted by atomic mass is 35.5. The molecule has 134 valence electrons. The van der Waals surface area contributed by atoms with E-state index in [4.69, 9.17) is 16.3 Å². The van der Waals surface area contributed by atoms with Crippen LogP contribution in [0.3, 0.4) is 0 Å². The molecule has 4 aromatic rings. The Morgan fingerprint density at radius 1 is 0.852 bits per heavy atom. The lowest BCUT2D eigenvalue weighted by molar-refractivity contribution is 0.178. The maximum atomic E-state index is 6.28. The fourth-order valence-corrected chi connectivity index (χ4v) is 3.10. The molecule has 0 aliphatic heterocycles. The molecule has 0 N–H and O–H groups in total. The van der Waals surface area contributed by atoms with Crippen LogP contribution in [0.25, 0.3) is 11.1 Å². The number of halogens is 1. The zero-order valence-electron chi connectivity index (χ0n) is 14.6. The lowest BCUT2D eigenvalue weighted by Crippen LogP contribution is -2.16. The predicted octanol–water partition coefficient (Wildman–Crippen LogP) is 5.42. The quantitative estimate of drug-likeness (QED) is 0.451. The SMILES string of the molecule is Clc1ccccc1OC(Cn1cncn1)c1ccc(-c2ccccc2)cc1. The molecule has 1 atom stereocenters. The Kier molecular flexibility index (Phi) is 5.17. The largest absolute Gasteiger partial charge is 0.482 e. The minimum atomic E-state index is -0.239. The van der Waals surface area contributed by atoms with E-state index in [9.17, 15) is 0 Å². The molecule has 5 heteroatoms. The summed E-state index contributed by atoms with van der Waals surface area (Å²) in [7, 11) is 0. The zero-order valence-corrected chi connectivity index (χ0v) is 15.3. The third kappa shape index (κ3) is 4.18. The van der Waals surface area contributed by atoms with Gasteiger partial charge in [0, 0.05) is 0 Å². The van der Waals surface area contributed by atoms with Gasteiger partial charge in [0.1, 0.15) is 24.5 Å². The van der Waals surface area contributed by atoms with Crippen LogP contribution in [-0.2, 0) is 6.54 Å². The molecule has 0 radical (unpaired) electrons. The summed E-state index contributed by atoms with van der Waals surface area (Å²) in [4.78, 5) is 4.02. The van der Waals surface area contributed by atoms with Gasteiger partial charge in [-0.05, 0) is 28.8 Å². The molecule has 1 aromatic heterocycles. The van der Waals surface area contributed by atoms with Gasteiger partial charge in [-0.2, -0.15) is 5.10 Å². The van der Waals surface area contributed by atoms with Crippen LogP contribution >= 0.6 is 11.6 Å². The van der Waals surface area contributed by atoms with Gasteiger partial charge in [0.05, 0.1) is 11.6 Å². The third-order valence-corrected chi connectivity index (χ3v) is 4.63. The van der Waals surface area contributed by atoms with Gasteiger partial charge in [0.2, 0.25) is 0 Å². The van der Waals surface area contributed by atoms with Gasteiger partial charge < -0.3 is 4.74 Å². The normalized spacial score (nSPS) is 11.9. The minimum absolute atomic E-state index is 0.239. The van der Waals surface area contributed by atoms with Crippen LogP contribution in [0.2, 0.25) is 5.02 Å². The second-order valence-electron chi connectivity index (χ2n) is 6.14. The summed E-state index contributed by atoms with van der Waals surface area (Å²) in [5.41, 5.74) is 3.39. The van der Waals surface area contributed by atoms with E-state index in [0.717, 1.165) is 11.1 Å². The molecule has 0 aliphatic carbocycles. The lowest BCUT2D eigenvalue weighted by atomic mass is 10.0. The molecule has 0 spiro atoms. The van der Waals surface area contributed by atoms with E-state index in [-0.39, 0.29) is 6.10 Å². The van der Waals surface area contributed by atoms with Crippen LogP contribution in [0.15, 0.2) is 91.5 Å². The van der Waals surface area contributed by atoms with Gasteiger partial charge in [-0.15, -0.1) is 0 Å². The second-order valence-corrected chi connectivity index (χ2v) is 6.55. The van der Waals surface area contributed by atoms with E-state index in [2.05, 4.69) is 46.5 Å². The van der Waals surface area contributed by atoms with Gasteiger partial charge >= 0.3 is 0 Å². The van der Waals surface area contributed by atoms with E-state index < -0.39 is 0 Å². The van der Waals surface area contributed by atoms with Crippen molar-refractivity contribution in [2.45, 2.75) is 12.6 Å². The molecule has 27 heavy (non-hydrogen) atoms. The molecule has 0 aliphatic rings. The summed E-state index contributed by atoms with van der Waals surface area (Å²) in [6.45, 7) is 0.538. The van der Waals surface area contributed by atoms with Crippen molar-refractivity contribution in [2.24, 2.45) is 0 Å². The number of aromatic nitrogens is 3. The molecule has 1 heterocycles. The van der Waals surface area contributed by atoms with Gasteiger partial charge in [0.25, 0.3) is 0 Å². The molecule has 0 bridgehead atoms. The molecule has 0 amide bonds. The molecule has 0 saturated carbocycles. The summed E-state index contributed by atoms with van der Waals surface area (Å²) in [6.07, 6.45) is 2.96. The van der Waals surface area contributed by atoms with E-state index in [1.807, 2.05) is 42.5 Å². The van der Waals surface area contributed by atoms with Gasteiger partial charge in [-0.3, -0.25) is 0 Å². The zero-order chi connectivity index (χ0) is 18.5. The van der Waals surface area contributed by atoms with Crippen molar-refractivity contribution in [1.29, 1.82) is 0 Å². The van der Waals surface area contributed by atoms with Crippen LogP contribution in [-0.4, -0.2) is 14.8 Å². The molecule has 1 unspecified atom stereocenters. The first-order valence-corrected chi connectivity index (χ1v) is 9.06. The number of nitrogens with zero attached hydrogens (tertiary/aromatic N) is 3. The Morgan fingerprint density at radius 3 is 2.26 bits per heavy atom.